The molecule has 0 atom stereocenters. The number of nitrogens with one attached hydrogen (secondary N) is 1. The van der Waals surface area contributed by atoms with Crippen molar-refractivity contribution in [3.63, 3.8) is 0 Å². The smallest absolute Gasteiger partial charge is 0.261 e. The molecule has 1 fully saturated rings. The number of carbonyl (C=O) groups excluding carboxylic acids is 1. The molecular weight excluding hydrogens is 367 g/mol. The molecule has 4 heterocycles. The molecule has 2 aromatic rings. The third-order valence-electron chi connectivity index (χ3n) is 5.08. The van der Waals surface area contributed by atoms with E-state index in [9.17, 15) is 9.18 Å². The largest absolute Gasteiger partial charge is 0.369 e. The molecule has 1 saturated heterocycles. The fourth-order valence-electron chi connectivity index (χ4n) is 3.78. The number of anilines is 1. The fourth-order valence-corrected chi connectivity index (χ4v) is 5.09. The van der Waals surface area contributed by atoms with Crippen LogP contribution in [-0.4, -0.2) is 41.6 Å². The fraction of sp³-hybridized carbons (Fsp3) is 0.526. The van der Waals surface area contributed by atoms with Crippen LogP contribution in [0.15, 0.2) is 18.5 Å². The first-order valence-corrected chi connectivity index (χ1v) is 10.1. The van der Waals surface area contributed by atoms with Crippen LogP contribution in [0, 0.1) is 5.82 Å². The number of carbonyl (C=O) groups is 1. The van der Waals surface area contributed by atoms with Crippen molar-refractivity contribution < 1.29 is 13.9 Å². The maximum atomic E-state index is 13.1. The van der Waals surface area contributed by atoms with Crippen LogP contribution in [0.2, 0.25) is 0 Å². The van der Waals surface area contributed by atoms with Crippen molar-refractivity contribution >= 4 is 23.2 Å². The van der Waals surface area contributed by atoms with Gasteiger partial charge in [0, 0.05) is 24.0 Å². The van der Waals surface area contributed by atoms with Crippen LogP contribution in [-0.2, 0) is 16.8 Å². The molecule has 8 heteroatoms. The first-order chi connectivity index (χ1) is 13.0. The van der Waals surface area contributed by atoms with Crippen molar-refractivity contribution in [3.05, 3.63) is 39.6 Å². The predicted octanol–water partition coefficient (Wildman–Crippen LogP) is 2.88. The summed E-state index contributed by atoms with van der Waals surface area (Å²) >= 11 is 1.55. The highest BCUT2D eigenvalue weighted by Crippen LogP contribution is 2.45. The van der Waals surface area contributed by atoms with Gasteiger partial charge in [-0.2, -0.15) is 0 Å². The molecule has 4 rings (SSSR count). The number of thiophene rings is 1. The number of rotatable bonds is 3. The van der Waals surface area contributed by atoms with Crippen molar-refractivity contribution in [2.24, 2.45) is 0 Å². The van der Waals surface area contributed by atoms with E-state index in [1.54, 1.807) is 11.3 Å². The van der Waals surface area contributed by atoms with E-state index in [0.29, 0.717) is 12.6 Å². The molecule has 0 unspecified atom stereocenters. The number of piperidine rings is 1. The first-order valence-electron chi connectivity index (χ1n) is 9.27. The molecule has 2 aromatic heterocycles. The van der Waals surface area contributed by atoms with Gasteiger partial charge in [0.05, 0.1) is 23.9 Å². The molecule has 6 nitrogen and oxygen atoms in total. The summed E-state index contributed by atoms with van der Waals surface area (Å²) in [5.74, 6) is 0.0976. The molecule has 27 heavy (non-hydrogen) atoms. The van der Waals surface area contributed by atoms with Gasteiger partial charge in [-0.3, -0.25) is 4.79 Å². The Hall–Kier alpha value is -2.06. The third kappa shape index (κ3) is 3.55. The molecule has 0 radical (unpaired) electrons. The van der Waals surface area contributed by atoms with E-state index in [1.165, 1.54) is 22.8 Å². The molecule has 0 saturated carbocycles. The van der Waals surface area contributed by atoms with Crippen LogP contribution < -0.4 is 10.2 Å². The van der Waals surface area contributed by atoms with E-state index in [4.69, 9.17) is 4.74 Å². The predicted molar refractivity (Wildman–Crippen MR) is 102 cm³/mol. The van der Waals surface area contributed by atoms with Gasteiger partial charge in [-0.1, -0.05) is 0 Å². The van der Waals surface area contributed by atoms with Crippen LogP contribution >= 0.6 is 11.3 Å². The minimum Gasteiger partial charge on any atom is -0.369 e. The topological polar surface area (TPSA) is 67.4 Å². The first kappa shape index (κ1) is 18.3. The lowest BCUT2D eigenvalue weighted by molar-refractivity contribution is -0.0736. The Morgan fingerprint density at radius 3 is 2.70 bits per heavy atom. The zero-order chi connectivity index (χ0) is 19.0. The normalized spacial score (nSPS) is 18.6. The van der Waals surface area contributed by atoms with E-state index in [2.05, 4.69) is 20.2 Å². The monoisotopic (exact) mass is 390 g/mol. The molecule has 2 aliphatic rings. The van der Waals surface area contributed by atoms with Gasteiger partial charge in [0.2, 0.25) is 5.95 Å². The summed E-state index contributed by atoms with van der Waals surface area (Å²) in [5, 5.41) is 2.97. The van der Waals surface area contributed by atoms with E-state index < -0.39 is 5.82 Å². The van der Waals surface area contributed by atoms with E-state index in [-0.39, 0.29) is 17.6 Å². The number of amides is 1. The lowest BCUT2D eigenvalue weighted by Gasteiger charge is -2.43. The van der Waals surface area contributed by atoms with E-state index in [0.717, 1.165) is 37.2 Å². The number of halogens is 1. The average molecular weight is 390 g/mol. The van der Waals surface area contributed by atoms with Gasteiger partial charge in [0.15, 0.2) is 5.82 Å². The molecule has 1 amide bonds. The molecule has 0 aliphatic carbocycles. The highest BCUT2D eigenvalue weighted by atomic mass is 32.1. The van der Waals surface area contributed by atoms with Gasteiger partial charge < -0.3 is 15.0 Å². The number of nitrogens with zero attached hydrogens (tertiary/aromatic N) is 3. The number of ether oxygens (including phenoxy) is 1. The number of aromatic nitrogens is 2. The van der Waals surface area contributed by atoms with Gasteiger partial charge in [-0.25, -0.2) is 14.4 Å². The molecule has 1 N–H and O–H groups in total. The third-order valence-corrected chi connectivity index (χ3v) is 6.44. The number of hydrogen-bond donors (Lipinski definition) is 1. The second-order valence-corrected chi connectivity index (χ2v) is 8.43. The van der Waals surface area contributed by atoms with Gasteiger partial charge in [-0.15, -0.1) is 11.3 Å². The minimum absolute atomic E-state index is 0.0169. The summed E-state index contributed by atoms with van der Waals surface area (Å²) in [5.41, 5.74) is 0.886. The maximum absolute atomic E-state index is 13.1. The zero-order valence-corrected chi connectivity index (χ0v) is 16.3. The Kier molecular flexibility index (Phi) is 4.86. The molecule has 0 aromatic carbocycles. The Morgan fingerprint density at radius 1 is 1.33 bits per heavy atom. The van der Waals surface area contributed by atoms with Crippen LogP contribution in [0.3, 0.4) is 0 Å². The quantitative estimate of drug-likeness (QED) is 0.873. The van der Waals surface area contributed by atoms with Crippen LogP contribution in [0.4, 0.5) is 10.3 Å². The highest BCUT2D eigenvalue weighted by Gasteiger charge is 2.43. The molecular formula is C19H23FN4O2S. The van der Waals surface area contributed by atoms with Crippen LogP contribution in [0.25, 0.3) is 0 Å². The highest BCUT2D eigenvalue weighted by molar-refractivity contribution is 7.14. The van der Waals surface area contributed by atoms with Gasteiger partial charge in [-0.05, 0) is 44.7 Å². The van der Waals surface area contributed by atoms with Crippen LogP contribution in [0.5, 0.6) is 0 Å². The van der Waals surface area contributed by atoms with Crippen molar-refractivity contribution in [3.8, 4) is 0 Å². The lowest BCUT2D eigenvalue weighted by Crippen LogP contribution is -2.46. The van der Waals surface area contributed by atoms with Crippen molar-refractivity contribution in [2.75, 3.05) is 24.6 Å². The summed E-state index contributed by atoms with van der Waals surface area (Å²) in [6.45, 7) is 6.06. The minimum atomic E-state index is -0.432. The summed E-state index contributed by atoms with van der Waals surface area (Å²) in [6.07, 6.45) is 4.83. The summed E-state index contributed by atoms with van der Waals surface area (Å²) in [4.78, 5) is 24.6. The van der Waals surface area contributed by atoms with Crippen molar-refractivity contribution in [1.29, 1.82) is 0 Å². The Balaban J connectivity index is 1.53. The number of fused-ring (bicyclic) bond motifs is 2. The van der Waals surface area contributed by atoms with Gasteiger partial charge in [0.1, 0.15) is 5.60 Å². The van der Waals surface area contributed by atoms with Crippen molar-refractivity contribution in [2.45, 2.75) is 44.8 Å². The van der Waals surface area contributed by atoms with Gasteiger partial charge in [0.25, 0.3) is 5.91 Å². The summed E-state index contributed by atoms with van der Waals surface area (Å²) in [7, 11) is 0. The van der Waals surface area contributed by atoms with Crippen molar-refractivity contribution in [1.82, 2.24) is 15.3 Å². The lowest BCUT2D eigenvalue weighted by atomic mass is 9.85. The van der Waals surface area contributed by atoms with E-state index >= 15 is 0 Å². The molecule has 144 valence electrons. The van der Waals surface area contributed by atoms with Crippen LogP contribution in [0.1, 0.15) is 46.8 Å². The SMILES string of the molecule is CC(C)NC(=O)c1cc2c(s1)C1(CCN(c3ncc(F)cn3)CC1)OCC2. The Labute approximate surface area is 161 Å². The Morgan fingerprint density at radius 2 is 2.04 bits per heavy atom. The second-order valence-electron chi connectivity index (χ2n) is 7.37. The molecule has 0 bridgehead atoms. The summed E-state index contributed by atoms with van der Waals surface area (Å²) in [6, 6.07) is 2.14. The van der Waals surface area contributed by atoms with E-state index in [1.807, 2.05) is 19.9 Å². The molecule has 1 spiro atoms. The Bertz CT molecular complexity index is 829. The zero-order valence-electron chi connectivity index (χ0n) is 15.5. The number of hydrogen-bond acceptors (Lipinski definition) is 6. The second kappa shape index (κ2) is 7.16. The maximum Gasteiger partial charge on any atom is 0.261 e. The standard InChI is InChI=1S/C19H23FN4O2S/c1-12(2)23-17(25)15-9-13-3-8-26-19(16(13)27-15)4-6-24(7-5-19)18-21-10-14(20)11-22-18/h9-12H,3-8H2,1-2H3,(H,23,25). The average Bonchev–Trinajstić information content (AvgIpc) is 3.09. The van der Waals surface area contributed by atoms with Gasteiger partial charge >= 0.3 is 0 Å². The summed E-state index contributed by atoms with van der Waals surface area (Å²) < 4.78 is 19.3. The molecule has 2 aliphatic heterocycles.